The van der Waals surface area contributed by atoms with Crippen LogP contribution >= 0.6 is 0 Å². The minimum absolute atomic E-state index is 0.116. The molecule has 0 unspecified atom stereocenters. The van der Waals surface area contributed by atoms with Gasteiger partial charge in [0, 0.05) is 12.6 Å². The number of aryl methyl sites for hydroxylation is 2. The Labute approximate surface area is 145 Å². The maximum absolute atomic E-state index is 12.6. The number of rotatable bonds is 5. The number of benzene rings is 1. The van der Waals surface area contributed by atoms with E-state index < -0.39 is 4.92 Å². The van der Waals surface area contributed by atoms with Crippen molar-refractivity contribution in [2.45, 2.75) is 13.1 Å². The fourth-order valence-electron chi connectivity index (χ4n) is 2.64. The summed E-state index contributed by atoms with van der Waals surface area (Å²) < 4.78 is 4.35. The van der Waals surface area contributed by atoms with Gasteiger partial charge in [0.25, 0.3) is 11.2 Å². The summed E-state index contributed by atoms with van der Waals surface area (Å²) in [6.07, 6.45) is 5.74. The molecule has 0 saturated heterocycles. The van der Waals surface area contributed by atoms with E-state index in [-0.39, 0.29) is 28.0 Å². The van der Waals surface area contributed by atoms with E-state index in [1.807, 2.05) is 0 Å². The first-order valence-corrected chi connectivity index (χ1v) is 7.64. The van der Waals surface area contributed by atoms with Gasteiger partial charge in [-0.05, 0) is 6.07 Å². The highest BCUT2D eigenvalue weighted by Crippen LogP contribution is 2.23. The van der Waals surface area contributed by atoms with Crippen molar-refractivity contribution in [2.75, 3.05) is 0 Å². The van der Waals surface area contributed by atoms with Crippen molar-refractivity contribution in [3.05, 3.63) is 69.9 Å². The molecule has 0 saturated carbocycles. The summed E-state index contributed by atoms with van der Waals surface area (Å²) in [5, 5.41) is 19.6. The third-order valence-corrected chi connectivity index (χ3v) is 3.90. The van der Waals surface area contributed by atoms with Crippen LogP contribution < -0.4 is 5.56 Å². The van der Waals surface area contributed by atoms with E-state index >= 15 is 0 Å². The largest absolute Gasteiger partial charge is 0.297 e. The fraction of sp³-hybridized carbons (Fsp3) is 0.133. The molecule has 1 aromatic carbocycles. The molecule has 0 aliphatic rings. The van der Waals surface area contributed by atoms with Crippen molar-refractivity contribution < 1.29 is 4.92 Å². The monoisotopic (exact) mass is 352 g/mol. The SMILES string of the molecule is O=c1c2cnn(-c3ccccc3[N+](=O)[O-])c2ncn1CCn1cncn1. The van der Waals surface area contributed by atoms with Crippen molar-refractivity contribution in [3.63, 3.8) is 0 Å². The van der Waals surface area contributed by atoms with Crippen molar-refractivity contribution in [1.29, 1.82) is 0 Å². The van der Waals surface area contributed by atoms with Crippen LogP contribution in [0.3, 0.4) is 0 Å². The molecular weight excluding hydrogens is 340 g/mol. The summed E-state index contributed by atoms with van der Waals surface area (Å²) in [7, 11) is 0. The molecule has 11 heteroatoms. The van der Waals surface area contributed by atoms with Gasteiger partial charge in [0.2, 0.25) is 0 Å². The highest BCUT2D eigenvalue weighted by molar-refractivity contribution is 5.76. The van der Waals surface area contributed by atoms with Crippen molar-refractivity contribution in [3.8, 4) is 5.69 Å². The smallest absolute Gasteiger partial charge is 0.294 e. The fourth-order valence-corrected chi connectivity index (χ4v) is 2.64. The molecule has 0 N–H and O–H groups in total. The summed E-state index contributed by atoms with van der Waals surface area (Å²) in [5.74, 6) is 0. The van der Waals surface area contributed by atoms with Gasteiger partial charge in [0.1, 0.15) is 30.1 Å². The molecule has 0 atom stereocenters. The first-order chi connectivity index (χ1) is 12.6. The van der Waals surface area contributed by atoms with E-state index in [1.165, 1.54) is 34.2 Å². The topological polar surface area (TPSA) is 127 Å². The van der Waals surface area contributed by atoms with Crippen molar-refractivity contribution in [1.82, 2.24) is 34.1 Å². The molecule has 4 rings (SSSR count). The Bertz CT molecular complexity index is 1150. The minimum Gasteiger partial charge on any atom is -0.297 e. The van der Waals surface area contributed by atoms with E-state index in [0.29, 0.717) is 13.1 Å². The maximum Gasteiger partial charge on any atom is 0.294 e. The molecule has 0 amide bonds. The lowest BCUT2D eigenvalue weighted by Gasteiger charge is -2.06. The summed E-state index contributed by atoms with van der Waals surface area (Å²) >= 11 is 0. The Hall–Kier alpha value is -3.89. The predicted molar refractivity (Wildman–Crippen MR) is 89.8 cm³/mol. The van der Waals surface area contributed by atoms with Crippen LogP contribution in [0.25, 0.3) is 16.7 Å². The molecule has 0 aliphatic carbocycles. The Morgan fingerprint density at radius 3 is 2.73 bits per heavy atom. The number of hydrogen-bond acceptors (Lipinski definition) is 7. The van der Waals surface area contributed by atoms with Crippen LogP contribution in [0.2, 0.25) is 0 Å². The second-order valence-electron chi connectivity index (χ2n) is 5.44. The van der Waals surface area contributed by atoms with Gasteiger partial charge in [-0.15, -0.1) is 0 Å². The predicted octanol–water partition coefficient (Wildman–Crippen LogP) is 0.782. The van der Waals surface area contributed by atoms with Crippen LogP contribution in [-0.4, -0.2) is 39.0 Å². The molecule has 0 spiro atoms. The molecular formula is C15H12N8O3. The van der Waals surface area contributed by atoms with Gasteiger partial charge in [-0.3, -0.25) is 24.2 Å². The number of para-hydroxylation sites is 2. The zero-order valence-corrected chi connectivity index (χ0v) is 13.3. The Morgan fingerprint density at radius 2 is 1.96 bits per heavy atom. The first-order valence-electron chi connectivity index (χ1n) is 7.64. The highest BCUT2D eigenvalue weighted by atomic mass is 16.6. The zero-order valence-electron chi connectivity index (χ0n) is 13.3. The van der Waals surface area contributed by atoms with Crippen LogP contribution in [0, 0.1) is 10.1 Å². The van der Waals surface area contributed by atoms with Crippen molar-refractivity contribution in [2.24, 2.45) is 0 Å². The Morgan fingerprint density at radius 1 is 1.12 bits per heavy atom. The van der Waals surface area contributed by atoms with Crippen molar-refractivity contribution >= 4 is 16.7 Å². The van der Waals surface area contributed by atoms with Gasteiger partial charge in [0.15, 0.2) is 5.65 Å². The summed E-state index contributed by atoms with van der Waals surface area (Å²) in [4.78, 5) is 31.5. The number of aromatic nitrogens is 7. The average molecular weight is 352 g/mol. The molecule has 11 nitrogen and oxygen atoms in total. The van der Waals surface area contributed by atoms with E-state index in [1.54, 1.807) is 29.2 Å². The van der Waals surface area contributed by atoms with E-state index in [0.717, 1.165) is 0 Å². The molecule has 4 aromatic rings. The van der Waals surface area contributed by atoms with Crippen LogP contribution in [0.1, 0.15) is 0 Å². The molecule has 3 heterocycles. The highest BCUT2D eigenvalue weighted by Gasteiger charge is 2.19. The summed E-state index contributed by atoms with van der Waals surface area (Å²) in [6, 6.07) is 6.16. The lowest BCUT2D eigenvalue weighted by atomic mass is 10.2. The van der Waals surface area contributed by atoms with Crippen LogP contribution in [0.15, 0.2) is 54.2 Å². The summed E-state index contributed by atoms with van der Waals surface area (Å²) in [5.41, 5.74) is 0.121. The third-order valence-electron chi connectivity index (χ3n) is 3.90. The number of nitro benzene ring substituents is 1. The Kier molecular flexibility index (Phi) is 3.73. The Balaban J connectivity index is 1.75. The lowest BCUT2D eigenvalue weighted by Crippen LogP contribution is -2.23. The van der Waals surface area contributed by atoms with E-state index in [4.69, 9.17) is 0 Å². The van der Waals surface area contributed by atoms with Crippen LogP contribution in [-0.2, 0) is 13.1 Å². The van der Waals surface area contributed by atoms with Crippen LogP contribution in [0.4, 0.5) is 5.69 Å². The number of fused-ring (bicyclic) bond motifs is 1. The molecule has 0 aliphatic heterocycles. The van der Waals surface area contributed by atoms with Gasteiger partial charge in [-0.2, -0.15) is 10.2 Å². The van der Waals surface area contributed by atoms with Gasteiger partial charge in [-0.25, -0.2) is 14.6 Å². The normalized spacial score (nSPS) is 11.1. The second kappa shape index (κ2) is 6.20. The number of nitrogens with zero attached hydrogens (tertiary/aromatic N) is 8. The van der Waals surface area contributed by atoms with Gasteiger partial charge >= 0.3 is 0 Å². The molecule has 0 fully saturated rings. The minimum atomic E-state index is -0.498. The van der Waals surface area contributed by atoms with Gasteiger partial charge < -0.3 is 0 Å². The number of nitro groups is 1. The molecule has 26 heavy (non-hydrogen) atoms. The molecule has 3 aromatic heterocycles. The molecule has 130 valence electrons. The van der Waals surface area contributed by atoms with Crippen LogP contribution in [0.5, 0.6) is 0 Å². The molecule has 0 bridgehead atoms. The average Bonchev–Trinajstić information content (AvgIpc) is 3.31. The van der Waals surface area contributed by atoms with E-state index in [2.05, 4.69) is 20.2 Å². The molecule has 0 radical (unpaired) electrons. The van der Waals surface area contributed by atoms with E-state index in [9.17, 15) is 14.9 Å². The third kappa shape index (κ3) is 2.60. The first kappa shape index (κ1) is 15.6. The second-order valence-corrected chi connectivity index (χ2v) is 5.44. The maximum atomic E-state index is 12.6. The zero-order chi connectivity index (χ0) is 18.1. The number of hydrogen-bond donors (Lipinski definition) is 0. The standard InChI is InChI=1S/C15H12N8O3/c24-15-11-7-18-22(12-3-1-2-4-13(12)23(25)26)14(11)17-10-20(15)5-6-21-9-16-8-19-21/h1-4,7-10H,5-6H2. The quantitative estimate of drug-likeness (QED) is 0.383. The lowest BCUT2D eigenvalue weighted by molar-refractivity contribution is -0.384. The van der Waals surface area contributed by atoms with Gasteiger partial charge in [0.05, 0.1) is 17.7 Å². The van der Waals surface area contributed by atoms with Gasteiger partial charge in [-0.1, -0.05) is 12.1 Å². The summed E-state index contributed by atoms with van der Waals surface area (Å²) in [6.45, 7) is 0.827.